The summed E-state index contributed by atoms with van der Waals surface area (Å²) in [5.41, 5.74) is 5.51. The summed E-state index contributed by atoms with van der Waals surface area (Å²) in [7, 11) is 0. The molecular weight excluding hydrogens is 208 g/mol. The highest BCUT2D eigenvalue weighted by molar-refractivity contribution is 7.16. The minimum absolute atomic E-state index is 0.341. The number of nitrogens with one attached hydrogen (secondary N) is 1. The van der Waals surface area contributed by atoms with Crippen LogP contribution in [0.2, 0.25) is 0 Å². The Balaban J connectivity index is 2.23. The molecule has 2 heterocycles. The van der Waals surface area contributed by atoms with E-state index in [0.717, 1.165) is 22.5 Å². The first kappa shape index (κ1) is 10.3. The van der Waals surface area contributed by atoms with Crippen LogP contribution in [0.15, 0.2) is 17.8 Å². The summed E-state index contributed by atoms with van der Waals surface area (Å²) in [4.78, 5) is 9.46. The maximum atomic E-state index is 5.51. The van der Waals surface area contributed by atoms with Gasteiger partial charge in [-0.25, -0.2) is 9.97 Å². The van der Waals surface area contributed by atoms with Crippen molar-refractivity contribution in [2.24, 2.45) is 5.73 Å². The van der Waals surface area contributed by atoms with Crippen LogP contribution in [0.3, 0.4) is 0 Å². The lowest BCUT2D eigenvalue weighted by Crippen LogP contribution is -2.20. The molecule has 2 aromatic heterocycles. The fraction of sp³-hybridized carbons (Fsp3) is 0.400. The molecule has 5 heteroatoms. The Morgan fingerprint density at radius 1 is 1.53 bits per heavy atom. The number of thiophene rings is 1. The third kappa shape index (κ3) is 2.24. The summed E-state index contributed by atoms with van der Waals surface area (Å²) in [5, 5.41) is 6.46. The van der Waals surface area contributed by atoms with E-state index < -0.39 is 0 Å². The summed E-state index contributed by atoms with van der Waals surface area (Å²) in [5.74, 6) is 0.905. The summed E-state index contributed by atoms with van der Waals surface area (Å²) in [6, 6.07) is 2.38. The molecule has 0 radical (unpaired) electrons. The van der Waals surface area contributed by atoms with Crippen molar-refractivity contribution in [2.75, 3.05) is 11.9 Å². The van der Waals surface area contributed by atoms with Gasteiger partial charge in [-0.05, 0) is 31.3 Å². The minimum atomic E-state index is 0.341. The van der Waals surface area contributed by atoms with Gasteiger partial charge in [-0.3, -0.25) is 0 Å². The molecule has 1 atom stereocenters. The van der Waals surface area contributed by atoms with Crippen LogP contribution < -0.4 is 11.1 Å². The van der Waals surface area contributed by atoms with Crippen LogP contribution in [0, 0.1) is 0 Å². The van der Waals surface area contributed by atoms with E-state index in [1.165, 1.54) is 0 Å². The fourth-order valence-electron chi connectivity index (χ4n) is 1.46. The van der Waals surface area contributed by atoms with Crippen LogP contribution in [-0.4, -0.2) is 22.6 Å². The summed E-state index contributed by atoms with van der Waals surface area (Å²) < 4.78 is 0. The fourth-order valence-corrected chi connectivity index (χ4v) is 2.19. The maximum absolute atomic E-state index is 5.51. The first-order valence-electron chi connectivity index (χ1n) is 4.96. The van der Waals surface area contributed by atoms with E-state index in [-0.39, 0.29) is 0 Å². The van der Waals surface area contributed by atoms with Gasteiger partial charge in [0, 0.05) is 6.04 Å². The Labute approximate surface area is 92.5 Å². The molecule has 3 N–H and O–H groups in total. The van der Waals surface area contributed by atoms with Gasteiger partial charge in [-0.2, -0.15) is 0 Å². The Hall–Kier alpha value is -1.20. The van der Waals surface area contributed by atoms with Gasteiger partial charge in [0.1, 0.15) is 17.0 Å². The zero-order chi connectivity index (χ0) is 10.7. The Kier molecular flexibility index (Phi) is 3.13. The quantitative estimate of drug-likeness (QED) is 0.828. The third-order valence-corrected chi connectivity index (χ3v) is 3.07. The van der Waals surface area contributed by atoms with Gasteiger partial charge in [0.2, 0.25) is 0 Å². The average Bonchev–Trinajstić information content (AvgIpc) is 2.67. The van der Waals surface area contributed by atoms with E-state index in [2.05, 4.69) is 22.2 Å². The van der Waals surface area contributed by atoms with Crippen molar-refractivity contribution in [1.29, 1.82) is 0 Å². The van der Waals surface area contributed by atoms with E-state index in [0.29, 0.717) is 12.6 Å². The maximum Gasteiger partial charge on any atom is 0.138 e. The van der Waals surface area contributed by atoms with Crippen LogP contribution in [0.4, 0.5) is 5.82 Å². The lowest BCUT2D eigenvalue weighted by molar-refractivity contribution is 0.714. The van der Waals surface area contributed by atoms with Gasteiger partial charge >= 0.3 is 0 Å². The van der Waals surface area contributed by atoms with Crippen molar-refractivity contribution in [1.82, 2.24) is 9.97 Å². The molecule has 0 amide bonds. The van der Waals surface area contributed by atoms with Crippen molar-refractivity contribution < 1.29 is 0 Å². The predicted molar refractivity (Wildman–Crippen MR) is 64.2 cm³/mol. The molecule has 0 saturated carbocycles. The topological polar surface area (TPSA) is 63.8 Å². The average molecular weight is 222 g/mol. The van der Waals surface area contributed by atoms with E-state index >= 15 is 0 Å². The summed E-state index contributed by atoms with van der Waals surface area (Å²) in [6.45, 7) is 2.79. The largest absolute Gasteiger partial charge is 0.367 e. The number of hydrogen-bond donors (Lipinski definition) is 2. The van der Waals surface area contributed by atoms with E-state index in [4.69, 9.17) is 5.73 Å². The molecule has 80 valence electrons. The van der Waals surface area contributed by atoms with Crippen molar-refractivity contribution >= 4 is 27.4 Å². The molecule has 0 aromatic carbocycles. The zero-order valence-corrected chi connectivity index (χ0v) is 9.42. The Bertz CT molecular complexity index is 440. The van der Waals surface area contributed by atoms with E-state index in [1.54, 1.807) is 17.7 Å². The highest BCUT2D eigenvalue weighted by atomic mass is 32.1. The van der Waals surface area contributed by atoms with Gasteiger partial charge in [-0.1, -0.05) is 0 Å². The molecule has 4 nitrogen and oxygen atoms in total. The molecule has 1 unspecified atom stereocenters. The summed E-state index contributed by atoms with van der Waals surface area (Å²) >= 11 is 1.63. The zero-order valence-electron chi connectivity index (χ0n) is 8.60. The number of anilines is 1. The molecule has 0 bridgehead atoms. The van der Waals surface area contributed by atoms with Gasteiger partial charge in [-0.15, -0.1) is 11.3 Å². The number of nitrogens with zero attached hydrogens (tertiary/aromatic N) is 2. The van der Waals surface area contributed by atoms with Crippen LogP contribution in [-0.2, 0) is 0 Å². The van der Waals surface area contributed by atoms with Crippen LogP contribution in [0.5, 0.6) is 0 Å². The second-order valence-corrected chi connectivity index (χ2v) is 4.38. The lowest BCUT2D eigenvalue weighted by atomic mass is 10.2. The predicted octanol–water partition coefficient (Wildman–Crippen LogP) is 1.84. The number of hydrogen-bond acceptors (Lipinski definition) is 5. The second-order valence-electron chi connectivity index (χ2n) is 3.48. The molecule has 2 aromatic rings. The smallest absolute Gasteiger partial charge is 0.138 e. The molecule has 0 fully saturated rings. The first-order valence-corrected chi connectivity index (χ1v) is 5.84. The molecule has 0 aliphatic rings. The highest BCUT2D eigenvalue weighted by Crippen LogP contribution is 2.24. The molecule has 2 rings (SSSR count). The number of nitrogens with two attached hydrogens (primary N) is 1. The minimum Gasteiger partial charge on any atom is -0.367 e. The van der Waals surface area contributed by atoms with E-state index in [1.807, 2.05) is 11.4 Å². The second kappa shape index (κ2) is 4.55. The van der Waals surface area contributed by atoms with Crippen molar-refractivity contribution in [3.05, 3.63) is 17.8 Å². The Morgan fingerprint density at radius 3 is 3.20 bits per heavy atom. The molecule has 15 heavy (non-hydrogen) atoms. The molecule has 0 aliphatic heterocycles. The van der Waals surface area contributed by atoms with Gasteiger partial charge in [0.05, 0.1) is 5.39 Å². The van der Waals surface area contributed by atoms with E-state index in [9.17, 15) is 0 Å². The van der Waals surface area contributed by atoms with Crippen LogP contribution >= 0.6 is 11.3 Å². The van der Waals surface area contributed by atoms with Crippen molar-refractivity contribution in [2.45, 2.75) is 19.4 Å². The van der Waals surface area contributed by atoms with Crippen LogP contribution in [0.25, 0.3) is 10.2 Å². The standard InChI is InChI=1S/C10H14N4S/c1-7(2-4-11)14-9-8-3-5-15-10(8)13-6-12-9/h3,5-7H,2,4,11H2,1H3,(H,12,13,14). The molecule has 0 spiro atoms. The van der Waals surface area contributed by atoms with Crippen molar-refractivity contribution in [3.63, 3.8) is 0 Å². The molecule has 0 aliphatic carbocycles. The molecular formula is C10H14N4S. The first-order chi connectivity index (χ1) is 7.31. The SMILES string of the molecule is CC(CCN)Nc1ncnc2sccc12. The highest BCUT2D eigenvalue weighted by Gasteiger charge is 2.07. The normalized spacial score (nSPS) is 12.9. The van der Waals surface area contributed by atoms with Gasteiger partial charge in [0.25, 0.3) is 0 Å². The number of aromatic nitrogens is 2. The Morgan fingerprint density at radius 2 is 2.40 bits per heavy atom. The molecule has 0 saturated heterocycles. The lowest BCUT2D eigenvalue weighted by Gasteiger charge is -2.13. The monoisotopic (exact) mass is 222 g/mol. The number of rotatable bonds is 4. The third-order valence-electron chi connectivity index (χ3n) is 2.24. The van der Waals surface area contributed by atoms with Crippen molar-refractivity contribution in [3.8, 4) is 0 Å². The van der Waals surface area contributed by atoms with Gasteiger partial charge < -0.3 is 11.1 Å². The van der Waals surface area contributed by atoms with Crippen LogP contribution in [0.1, 0.15) is 13.3 Å². The number of fused-ring (bicyclic) bond motifs is 1. The van der Waals surface area contributed by atoms with Gasteiger partial charge in [0.15, 0.2) is 0 Å². The summed E-state index contributed by atoms with van der Waals surface area (Å²) in [6.07, 6.45) is 2.53.